The van der Waals surface area contributed by atoms with E-state index in [0.29, 0.717) is 41.5 Å². The first kappa shape index (κ1) is 31.0. The van der Waals surface area contributed by atoms with Crippen molar-refractivity contribution in [2.75, 3.05) is 36.6 Å². The van der Waals surface area contributed by atoms with Crippen LogP contribution < -0.4 is 21.3 Å². The van der Waals surface area contributed by atoms with E-state index >= 15 is 0 Å². The normalized spacial score (nSPS) is 13.9. The second kappa shape index (κ2) is 13.1. The van der Waals surface area contributed by atoms with E-state index in [-0.39, 0.29) is 23.9 Å². The molecule has 0 spiro atoms. The fourth-order valence-corrected chi connectivity index (χ4v) is 5.40. The topological polar surface area (TPSA) is 134 Å². The highest BCUT2D eigenvalue weighted by Crippen LogP contribution is 2.41. The molecule has 0 bridgehead atoms. The number of H-pyrrole nitrogens is 1. The van der Waals surface area contributed by atoms with Crippen LogP contribution in [0.1, 0.15) is 47.1 Å². The van der Waals surface area contributed by atoms with Crippen LogP contribution in [0.2, 0.25) is 0 Å². The molecular weight excluding hydrogens is 568 g/mol. The van der Waals surface area contributed by atoms with Gasteiger partial charge in [0.25, 0.3) is 5.91 Å². The molecule has 11 nitrogen and oxygen atoms in total. The third-order valence-corrected chi connectivity index (χ3v) is 7.72. The fourth-order valence-electron chi connectivity index (χ4n) is 5.40. The quantitative estimate of drug-likeness (QED) is 0.149. The second-order valence-electron chi connectivity index (χ2n) is 11.7. The number of hydrogen-bond acceptors (Lipinski definition) is 6. The summed E-state index contributed by atoms with van der Waals surface area (Å²) in [5.74, 6) is -0.0755. The first-order valence-corrected chi connectivity index (χ1v) is 14.6. The van der Waals surface area contributed by atoms with Gasteiger partial charge in [0.15, 0.2) is 5.82 Å². The lowest BCUT2D eigenvalue weighted by Gasteiger charge is -2.34. The number of aromatic amines is 1. The van der Waals surface area contributed by atoms with Crippen molar-refractivity contribution < 1.29 is 14.4 Å². The molecule has 232 valence electrons. The third kappa shape index (κ3) is 7.05. The molecule has 0 fully saturated rings. The number of nitrogens with zero attached hydrogens (tertiary/aromatic N) is 3. The number of anilines is 4. The molecule has 0 radical (unpaired) electrons. The molecule has 1 unspecified atom stereocenters. The first-order chi connectivity index (χ1) is 21.5. The van der Waals surface area contributed by atoms with Crippen LogP contribution in [-0.4, -0.2) is 58.5 Å². The van der Waals surface area contributed by atoms with Crippen molar-refractivity contribution in [3.8, 4) is 0 Å². The Kier molecular flexibility index (Phi) is 9.01. The van der Waals surface area contributed by atoms with Crippen LogP contribution in [0.3, 0.4) is 0 Å². The van der Waals surface area contributed by atoms with Crippen LogP contribution in [0.5, 0.6) is 0 Å². The van der Waals surface area contributed by atoms with Gasteiger partial charge in [-0.05, 0) is 76.0 Å². The Morgan fingerprint density at radius 1 is 0.978 bits per heavy atom. The SMILES string of the molecule is C=CC(=O)Nc1cccc(C(=O)Nc2cccc(Nc3n[nH]c4c3CN(C(=O)NC(CN(C)C)c3ccccc3)C4(C)C)c2)c1. The Labute approximate surface area is 262 Å². The second-order valence-corrected chi connectivity index (χ2v) is 11.7. The van der Waals surface area contributed by atoms with E-state index < -0.39 is 5.54 Å². The summed E-state index contributed by atoms with van der Waals surface area (Å²) in [6, 6.07) is 23.6. The van der Waals surface area contributed by atoms with Crippen molar-refractivity contribution in [2.45, 2.75) is 32.0 Å². The average molecular weight is 607 g/mol. The zero-order chi connectivity index (χ0) is 32.1. The average Bonchev–Trinajstić information content (AvgIpc) is 3.54. The summed E-state index contributed by atoms with van der Waals surface area (Å²) in [7, 11) is 3.97. The predicted octanol–water partition coefficient (Wildman–Crippen LogP) is 5.59. The molecule has 4 amide bonds. The van der Waals surface area contributed by atoms with E-state index in [4.69, 9.17) is 0 Å². The predicted molar refractivity (Wildman–Crippen MR) is 176 cm³/mol. The first-order valence-electron chi connectivity index (χ1n) is 14.6. The number of urea groups is 1. The summed E-state index contributed by atoms with van der Waals surface area (Å²) in [5.41, 5.74) is 4.34. The molecule has 5 N–H and O–H groups in total. The molecule has 5 rings (SSSR count). The highest BCUT2D eigenvalue weighted by molar-refractivity contribution is 6.06. The molecule has 3 aromatic carbocycles. The van der Waals surface area contributed by atoms with Crippen molar-refractivity contribution in [3.63, 3.8) is 0 Å². The zero-order valence-electron chi connectivity index (χ0n) is 25.8. The number of likely N-dealkylation sites (N-methyl/N-ethyl adjacent to an activating group) is 1. The molecule has 45 heavy (non-hydrogen) atoms. The summed E-state index contributed by atoms with van der Waals surface area (Å²) >= 11 is 0. The number of carbonyl (C=O) groups is 3. The molecule has 1 atom stereocenters. The van der Waals surface area contributed by atoms with E-state index in [2.05, 4.69) is 42.9 Å². The largest absolute Gasteiger partial charge is 0.338 e. The van der Waals surface area contributed by atoms with Gasteiger partial charge in [0.2, 0.25) is 5.91 Å². The fraction of sp³-hybridized carbons (Fsp3) is 0.235. The Morgan fingerprint density at radius 3 is 2.38 bits per heavy atom. The van der Waals surface area contributed by atoms with Gasteiger partial charge >= 0.3 is 6.03 Å². The number of amides is 4. The number of fused-ring (bicyclic) bond motifs is 1. The van der Waals surface area contributed by atoms with Gasteiger partial charge in [0.1, 0.15) is 0 Å². The Bertz CT molecular complexity index is 1710. The lowest BCUT2D eigenvalue weighted by Crippen LogP contribution is -2.48. The maximum Gasteiger partial charge on any atom is 0.319 e. The van der Waals surface area contributed by atoms with Gasteiger partial charge < -0.3 is 31.1 Å². The summed E-state index contributed by atoms with van der Waals surface area (Å²) in [5, 5.41) is 19.8. The molecule has 1 aliphatic heterocycles. The third-order valence-electron chi connectivity index (χ3n) is 7.72. The van der Waals surface area contributed by atoms with Crippen LogP contribution >= 0.6 is 0 Å². The van der Waals surface area contributed by atoms with Crippen LogP contribution in [0.4, 0.5) is 27.7 Å². The minimum Gasteiger partial charge on any atom is -0.338 e. The maximum atomic E-state index is 13.7. The smallest absolute Gasteiger partial charge is 0.319 e. The van der Waals surface area contributed by atoms with Crippen molar-refractivity contribution in [1.82, 2.24) is 25.3 Å². The molecule has 0 saturated carbocycles. The van der Waals surface area contributed by atoms with E-state index in [1.54, 1.807) is 36.4 Å². The monoisotopic (exact) mass is 606 g/mol. The van der Waals surface area contributed by atoms with Crippen LogP contribution in [0.15, 0.2) is 91.5 Å². The molecule has 0 saturated heterocycles. The van der Waals surface area contributed by atoms with Gasteiger partial charge in [0.05, 0.1) is 23.8 Å². The minimum absolute atomic E-state index is 0.163. The molecule has 2 heterocycles. The lowest BCUT2D eigenvalue weighted by atomic mass is 10.0. The number of benzene rings is 3. The highest BCUT2D eigenvalue weighted by Gasteiger charge is 2.44. The van der Waals surface area contributed by atoms with E-state index in [9.17, 15) is 14.4 Å². The minimum atomic E-state index is -0.624. The van der Waals surface area contributed by atoms with Gasteiger partial charge in [-0.15, -0.1) is 0 Å². The van der Waals surface area contributed by atoms with E-state index in [1.807, 2.05) is 75.3 Å². The molecule has 1 aliphatic rings. The maximum absolute atomic E-state index is 13.7. The summed E-state index contributed by atoms with van der Waals surface area (Å²) < 4.78 is 0. The van der Waals surface area contributed by atoms with Gasteiger partial charge in [0, 0.05) is 34.7 Å². The van der Waals surface area contributed by atoms with Crippen molar-refractivity contribution in [2.24, 2.45) is 0 Å². The summed E-state index contributed by atoms with van der Waals surface area (Å²) in [4.78, 5) is 42.2. The molecule has 1 aromatic heterocycles. The number of rotatable bonds is 10. The number of hydrogen-bond donors (Lipinski definition) is 5. The van der Waals surface area contributed by atoms with Crippen molar-refractivity contribution >= 4 is 40.7 Å². The van der Waals surface area contributed by atoms with Crippen LogP contribution in [-0.2, 0) is 16.9 Å². The summed E-state index contributed by atoms with van der Waals surface area (Å²) in [6.45, 7) is 8.47. The Balaban J connectivity index is 1.28. The molecule has 4 aromatic rings. The van der Waals surface area contributed by atoms with Gasteiger partial charge in [-0.1, -0.05) is 49.0 Å². The number of carbonyl (C=O) groups excluding carboxylic acids is 3. The number of nitrogens with one attached hydrogen (secondary N) is 5. The molecule has 0 aliphatic carbocycles. The molecular formula is C34H38N8O3. The summed E-state index contributed by atoms with van der Waals surface area (Å²) in [6.07, 6.45) is 1.17. The van der Waals surface area contributed by atoms with Gasteiger partial charge in [-0.2, -0.15) is 5.10 Å². The van der Waals surface area contributed by atoms with E-state index in [1.165, 1.54) is 6.08 Å². The van der Waals surface area contributed by atoms with Crippen molar-refractivity contribution in [1.29, 1.82) is 0 Å². The Hall–Kier alpha value is -5.42. The standard InChI is InChI=1S/C34H38N8O3/c1-6-29(43)35-24-15-10-14-23(18-24)32(44)37-26-17-11-16-25(19-26)36-31-27-20-42(34(2,3)30(27)39-40-31)33(45)38-28(21-41(4)5)22-12-8-7-9-13-22/h6-19,28H,1,20-21H2,2-5H3,(H,35,43)(H,37,44)(H,38,45)(H2,36,39,40). The Morgan fingerprint density at radius 2 is 1.67 bits per heavy atom. The van der Waals surface area contributed by atoms with Crippen molar-refractivity contribution in [3.05, 3.63) is 114 Å². The number of aromatic nitrogens is 2. The molecule has 11 heteroatoms. The van der Waals surface area contributed by atoms with Crippen LogP contribution in [0, 0.1) is 0 Å². The highest BCUT2D eigenvalue weighted by atomic mass is 16.2. The van der Waals surface area contributed by atoms with Gasteiger partial charge in [-0.3, -0.25) is 14.7 Å². The lowest BCUT2D eigenvalue weighted by molar-refractivity contribution is -0.111. The van der Waals surface area contributed by atoms with E-state index in [0.717, 1.165) is 16.8 Å². The van der Waals surface area contributed by atoms with Gasteiger partial charge in [-0.25, -0.2) is 4.79 Å². The van der Waals surface area contributed by atoms with Crippen LogP contribution in [0.25, 0.3) is 0 Å². The zero-order valence-corrected chi connectivity index (χ0v) is 25.8.